The van der Waals surface area contributed by atoms with E-state index in [4.69, 9.17) is 16.2 Å². The van der Waals surface area contributed by atoms with Crippen molar-refractivity contribution in [3.8, 4) is 6.01 Å². The number of nitrogens with zero attached hydrogens (tertiary/aromatic N) is 4. The van der Waals surface area contributed by atoms with Crippen LogP contribution in [0.3, 0.4) is 0 Å². The van der Waals surface area contributed by atoms with E-state index in [1.54, 1.807) is 0 Å². The third-order valence-corrected chi connectivity index (χ3v) is 5.33. The van der Waals surface area contributed by atoms with E-state index in [0.717, 1.165) is 50.1 Å². The molecule has 0 saturated carbocycles. The van der Waals surface area contributed by atoms with E-state index in [-0.39, 0.29) is 0 Å². The van der Waals surface area contributed by atoms with Crippen molar-refractivity contribution in [2.24, 2.45) is 5.73 Å². The van der Waals surface area contributed by atoms with Crippen molar-refractivity contribution in [3.63, 3.8) is 0 Å². The molecular weight excluding hydrogens is 366 g/mol. The van der Waals surface area contributed by atoms with Crippen molar-refractivity contribution in [2.75, 3.05) is 25.4 Å². The first-order valence-corrected chi connectivity index (χ1v) is 10.3. The molecule has 4 rings (SSSR count). The van der Waals surface area contributed by atoms with Crippen LogP contribution in [0.5, 0.6) is 6.01 Å². The molecule has 0 unspecified atom stereocenters. The Hall–Kier alpha value is -2.71. The molecule has 1 aliphatic heterocycles. The van der Waals surface area contributed by atoms with Crippen molar-refractivity contribution in [2.45, 2.75) is 45.2 Å². The average molecular weight is 396 g/mol. The van der Waals surface area contributed by atoms with E-state index in [9.17, 15) is 0 Å². The number of ether oxygens (including phenoxy) is 1. The number of aromatic nitrogens is 4. The minimum Gasteiger partial charge on any atom is -0.463 e. The Morgan fingerprint density at radius 1 is 1.21 bits per heavy atom. The molecule has 8 nitrogen and oxygen atoms in total. The Balaban J connectivity index is 1.47. The quantitative estimate of drug-likeness (QED) is 0.500. The van der Waals surface area contributed by atoms with E-state index < -0.39 is 0 Å². The summed E-state index contributed by atoms with van der Waals surface area (Å²) in [7, 11) is 0. The van der Waals surface area contributed by atoms with Gasteiger partial charge in [-0.25, -0.2) is 0 Å². The lowest BCUT2D eigenvalue weighted by Crippen LogP contribution is -2.26. The highest BCUT2D eigenvalue weighted by atomic mass is 16.5. The summed E-state index contributed by atoms with van der Waals surface area (Å²) in [5, 5.41) is 7.38. The smallest absolute Gasteiger partial charge is 0.319 e. The predicted molar refractivity (Wildman–Crippen MR) is 114 cm³/mol. The number of nitrogens with two attached hydrogens (primary N) is 2. The van der Waals surface area contributed by atoms with Crippen LogP contribution >= 0.6 is 0 Å². The summed E-state index contributed by atoms with van der Waals surface area (Å²) >= 11 is 0. The van der Waals surface area contributed by atoms with Crippen LogP contribution in [-0.2, 0) is 13.0 Å². The van der Waals surface area contributed by atoms with Crippen LogP contribution in [0.2, 0.25) is 0 Å². The van der Waals surface area contributed by atoms with Gasteiger partial charge in [0.2, 0.25) is 0 Å². The monoisotopic (exact) mass is 395 g/mol. The second-order valence-electron chi connectivity index (χ2n) is 7.76. The van der Waals surface area contributed by atoms with Gasteiger partial charge in [-0.15, -0.1) is 0 Å². The minimum atomic E-state index is 0.310. The van der Waals surface area contributed by atoms with E-state index in [1.165, 1.54) is 11.1 Å². The van der Waals surface area contributed by atoms with E-state index in [2.05, 4.69) is 56.3 Å². The van der Waals surface area contributed by atoms with Crippen LogP contribution in [0.1, 0.15) is 43.0 Å². The molecule has 154 valence electrons. The molecule has 1 fully saturated rings. The lowest BCUT2D eigenvalue weighted by Gasteiger charge is -2.15. The molecule has 0 spiro atoms. The van der Waals surface area contributed by atoms with Crippen molar-refractivity contribution in [3.05, 3.63) is 41.1 Å². The average Bonchev–Trinajstić information content (AvgIpc) is 3.30. The van der Waals surface area contributed by atoms with Crippen molar-refractivity contribution >= 4 is 16.9 Å². The van der Waals surface area contributed by atoms with Gasteiger partial charge in [-0.1, -0.05) is 37.6 Å². The van der Waals surface area contributed by atoms with E-state index in [1.807, 2.05) is 0 Å². The van der Waals surface area contributed by atoms with E-state index >= 15 is 0 Å². The number of H-pyrrole nitrogens is 1. The number of hydrogen-bond donors (Lipinski definition) is 3. The van der Waals surface area contributed by atoms with Gasteiger partial charge in [0.05, 0.1) is 12.3 Å². The molecule has 1 aromatic carbocycles. The van der Waals surface area contributed by atoms with Gasteiger partial charge in [-0.3, -0.25) is 10.00 Å². The lowest BCUT2D eigenvalue weighted by atomic mass is 10.1. The molecule has 0 radical (unpaired) electrons. The molecule has 5 N–H and O–H groups in total. The summed E-state index contributed by atoms with van der Waals surface area (Å²) in [6, 6.07) is 9.27. The minimum absolute atomic E-state index is 0.310. The molecule has 0 amide bonds. The Labute approximate surface area is 170 Å². The zero-order valence-electron chi connectivity index (χ0n) is 16.9. The summed E-state index contributed by atoms with van der Waals surface area (Å²) in [6.45, 7) is 5.69. The van der Waals surface area contributed by atoms with Crippen molar-refractivity contribution in [1.82, 2.24) is 25.1 Å². The highest BCUT2D eigenvalue weighted by molar-refractivity contribution is 5.86. The van der Waals surface area contributed by atoms with Gasteiger partial charge in [0.1, 0.15) is 11.0 Å². The molecule has 1 aliphatic rings. The Morgan fingerprint density at radius 3 is 2.72 bits per heavy atom. The highest BCUT2D eigenvalue weighted by Gasteiger charge is 2.19. The molecule has 3 aromatic rings. The number of fused-ring (bicyclic) bond motifs is 1. The Kier molecular flexibility index (Phi) is 5.92. The molecule has 0 bridgehead atoms. The molecule has 3 heterocycles. The third-order valence-electron chi connectivity index (χ3n) is 5.33. The number of nitrogen functional groups attached to an aromatic ring is 1. The van der Waals surface area contributed by atoms with Crippen LogP contribution in [0, 0.1) is 0 Å². The number of rotatable bonds is 8. The van der Waals surface area contributed by atoms with Crippen molar-refractivity contribution < 1.29 is 4.74 Å². The molecule has 29 heavy (non-hydrogen) atoms. The lowest BCUT2D eigenvalue weighted by molar-refractivity contribution is 0.287. The SMILES string of the molecule is CCCCOc1nc(N)c2[nH]nc(Cc3ccc(CN4CC[C@@H](N)C4)cc3)c2n1. The number of aromatic amines is 1. The molecule has 0 aliphatic carbocycles. The van der Waals surface area contributed by atoms with Gasteiger partial charge < -0.3 is 16.2 Å². The van der Waals surface area contributed by atoms with Gasteiger partial charge in [-0.05, 0) is 24.0 Å². The Morgan fingerprint density at radius 2 is 2.00 bits per heavy atom. The molecule has 2 aromatic heterocycles. The highest BCUT2D eigenvalue weighted by Crippen LogP contribution is 2.23. The largest absolute Gasteiger partial charge is 0.463 e. The first-order valence-electron chi connectivity index (χ1n) is 10.3. The number of nitrogens with one attached hydrogen (secondary N) is 1. The fourth-order valence-corrected chi connectivity index (χ4v) is 3.67. The zero-order chi connectivity index (χ0) is 20.2. The summed E-state index contributed by atoms with van der Waals surface area (Å²) in [4.78, 5) is 11.2. The number of hydrogen-bond acceptors (Lipinski definition) is 7. The number of benzene rings is 1. The number of unbranched alkanes of at least 4 members (excludes halogenated alkanes) is 1. The fraction of sp³-hybridized carbons (Fsp3) is 0.476. The van der Waals surface area contributed by atoms with E-state index in [0.29, 0.717) is 36.4 Å². The molecule has 1 atom stereocenters. The first kappa shape index (κ1) is 19.6. The van der Waals surface area contributed by atoms with Crippen LogP contribution in [0.4, 0.5) is 5.82 Å². The second-order valence-corrected chi connectivity index (χ2v) is 7.76. The number of likely N-dealkylation sites (tertiary alicyclic amines) is 1. The maximum absolute atomic E-state index is 6.06. The van der Waals surface area contributed by atoms with Gasteiger partial charge >= 0.3 is 6.01 Å². The fourth-order valence-electron chi connectivity index (χ4n) is 3.67. The summed E-state index contributed by atoms with van der Waals surface area (Å²) in [5.41, 5.74) is 16.7. The summed E-state index contributed by atoms with van der Waals surface area (Å²) < 4.78 is 5.64. The Bertz CT molecular complexity index is 954. The number of anilines is 1. The van der Waals surface area contributed by atoms with Crippen LogP contribution in [-0.4, -0.2) is 50.8 Å². The van der Waals surface area contributed by atoms with Crippen LogP contribution in [0.25, 0.3) is 11.0 Å². The maximum Gasteiger partial charge on any atom is 0.319 e. The molecular formula is C21H29N7O. The van der Waals surface area contributed by atoms with Gasteiger partial charge in [0.25, 0.3) is 0 Å². The van der Waals surface area contributed by atoms with Gasteiger partial charge in [0, 0.05) is 32.1 Å². The van der Waals surface area contributed by atoms with Gasteiger partial charge in [0.15, 0.2) is 5.82 Å². The zero-order valence-corrected chi connectivity index (χ0v) is 16.9. The normalized spacial score (nSPS) is 17.2. The molecule has 8 heteroatoms. The topological polar surface area (TPSA) is 119 Å². The third kappa shape index (κ3) is 4.65. The van der Waals surface area contributed by atoms with Crippen LogP contribution in [0.15, 0.2) is 24.3 Å². The van der Waals surface area contributed by atoms with Crippen LogP contribution < -0.4 is 16.2 Å². The standard InChI is InChI=1S/C21H29N7O/c1-2-3-10-29-21-24-18-17(26-27-19(18)20(23)25-21)11-14-4-6-15(7-5-14)12-28-9-8-16(22)13-28/h4-7,16H,2-3,8-13,22H2,1H3,(H,26,27)(H2,23,24,25)/t16-/m1/s1. The summed E-state index contributed by atoms with van der Waals surface area (Å²) in [6.07, 6.45) is 3.75. The van der Waals surface area contributed by atoms with Gasteiger partial charge in [-0.2, -0.15) is 15.1 Å². The second kappa shape index (κ2) is 8.75. The first-order chi connectivity index (χ1) is 14.1. The summed E-state index contributed by atoms with van der Waals surface area (Å²) in [5.74, 6) is 0.361. The maximum atomic E-state index is 6.06. The predicted octanol–water partition coefficient (Wildman–Crippen LogP) is 2.24. The van der Waals surface area contributed by atoms with Crippen molar-refractivity contribution in [1.29, 1.82) is 0 Å². The molecule has 1 saturated heterocycles.